The molecule has 0 bridgehead atoms. The molecule has 1 N–H and O–H groups in total. The van der Waals surface area contributed by atoms with Crippen molar-refractivity contribution in [2.24, 2.45) is 0 Å². The van der Waals surface area contributed by atoms with Crippen LogP contribution in [0.3, 0.4) is 0 Å². The number of nitrogens with one attached hydrogen (secondary N) is 1. The van der Waals surface area contributed by atoms with Gasteiger partial charge in [0.05, 0.1) is 19.9 Å². The molecule has 0 aliphatic rings. The van der Waals surface area contributed by atoms with Crippen LogP contribution in [-0.2, 0) is 0 Å². The Morgan fingerprint density at radius 3 is 2.61 bits per heavy atom. The van der Waals surface area contributed by atoms with Crippen LogP contribution in [0.15, 0.2) is 28.1 Å². The van der Waals surface area contributed by atoms with Crippen LogP contribution in [0.5, 0.6) is 0 Å². The van der Waals surface area contributed by atoms with E-state index >= 15 is 0 Å². The van der Waals surface area contributed by atoms with Crippen molar-refractivity contribution in [3.05, 3.63) is 54.1 Å². The lowest BCUT2D eigenvalue weighted by Crippen LogP contribution is -2.16. The smallest absolute Gasteiger partial charge is 0.0731 e. The molecule has 1 nitrogen and oxygen atoms in total. The first-order chi connectivity index (χ1) is 8.54. The molecule has 0 amide bonds. The number of rotatable bonds is 3. The Morgan fingerprint density at radius 1 is 1.33 bits per heavy atom. The van der Waals surface area contributed by atoms with Crippen LogP contribution in [-0.4, -0.2) is 7.05 Å². The maximum atomic E-state index is 6.28. The minimum atomic E-state index is 0.0613. The van der Waals surface area contributed by atoms with E-state index in [4.69, 9.17) is 23.2 Å². The Kier molecular flexibility index (Phi) is 4.73. The van der Waals surface area contributed by atoms with Gasteiger partial charge < -0.3 is 5.32 Å². The van der Waals surface area contributed by atoms with E-state index in [0.717, 1.165) is 9.35 Å². The molecule has 0 saturated carbocycles. The number of benzene rings is 1. The van der Waals surface area contributed by atoms with Crippen molar-refractivity contribution in [2.45, 2.75) is 13.0 Å². The van der Waals surface area contributed by atoms with Crippen molar-refractivity contribution >= 4 is 50.5 Å². The van der Waals surface area contributed by atoms with Crippen LogP contribution in [0.1, 0.15) is 22.0 Å². The van der Waals surface area contributed by atoms with Crippen LogP contribution < -0.4 is 5.32 Å². The number of halogens is 3. The van der Waals surface area contributed by atoms with Gasteiger partial charge >= 0.3 is 0 Å². The van der Waals surface area contributed by atoms with Gasteiger partial charge in [0.1, 0.15) is 0 Å². The predicted octanol–water partition coefficient (Wildman–Crippen LogP) is 5.43. The van der Waals surface area contributed by atoms with Crippen LogP contribution in [0.2, 0.25) is 10.0 Å². The zero-order valence-corrected chi connectivity index (χ0v) is 13.8. The summed E-state index contributed by atoms with van der Waals surface area (Å²) in [5.41, 5.74) is 2.23. The maximum absolute atomic E-state index is 6.28. The molecule has 0 aliphatic carbocycles. The molecule has 0 fully saturated rings. The summed E-state index contributed by atoms with van der Waals surface area (Å²) in [6.07, 6.45) is 0. The van der Waals surface area contributed by atoms with Crippen molar-refractivity contribution < 1.29 is 0 Å². The Labute approximate surface area is 129 Å². The van der Waals surface area contributed by atoms with Gasteiger partial charge in [-0.1, -0.05) is 35.3 Å². The molecule has 0 aliphatic heterocycles. The summed E-state index contributed by atoms with van der Waals surface area (Å²) in [4.78, 5) is 1.21. The molecule has 96 valence electrons. The summed E-state index contributed by atoms with van der Waals surface area (Å²) in [7, 11) is 1.92. The van der Waals surface area contributed by atoms with Crippen molar-refractivity contribution in [1.29, 1.82) is 0 Å². The summed E-state index contributed by atoms with van der Waals surface area (Å²) in [6, 6.07) is 7.94. The van der Waals surface area contributed by atoms with Gasteiger partial charge in [-0.05, 0) is 53.2 Å². The maximum Gasteiger partial charge on any atom is 0.0731 e. The first kappa shape index (κ1) is 14.4. The Hall–Kier alpha value is -0.0600. The molecule has 2 rings (SSSR count). The predicted molar refractivity (Wildman–Crippen MR) is 84.1 cm³/mol. The van der Waals surface area contributed by atoms with Gasteiger partial charge in [0.2, 0.25) is 0 Å². The fourth-order valence-electron chi connectivity index (χ4n) is 1.82. The van der Waals surface area contributed by atoms with Crippen LogP contribution in [0.4, 0.5) is 0 Å². The Balaban J connectivity index is 2.48. The number of thiophene rings is 1. The van der Waals surface area contributed by atoms with E-state index in [1.807, 2.05) is 19.2 Å². The van der Waals surface area contributed by atoms with Crippen LogP contribution >= 0.6 is 50.5 Å². The summed E-state index contributed by atoms with van der Waals surface area (Å²) in [5.74, 6) is 0. The van der Waals surface area contributed by atoms with Crippen LogP contribution in [0.25, 0.3) is 0 Å². The molecule has 1 aromatic carbocycles. The lowest BCUT2D eigenvalue weighted by molar-refractivity contribution is 0.704. The summed E-state index contributed by atoms with van der Waals surface area (Å²) >= 11 is 17.6. The minimum Gasteiger partial charge on any atom is -0.309 e. The average Bonchev–Trinajstić information content (AvgIpc) is 2.66. The Bertz CT molecular complexity index is 549. The third-order valence-corrected chi connectivity index (χ3v) is 5.78. The molecule has 1 unspecified atom stereocenters. The third-order valence-electron chi connectivity index (χ3n) is 2.74. The number of hydrogen-bond acceptors (Lipinski definition) is 2. The molecule has 0 radical (unpaired) electrons. The molecular weight excluding hydrogens is 353 g/mol. The van der Waals surface area contributed by atoms with E-state index in [1.165, 1.54) is 10.4 Å². The largest absolute Gasteiger partial charge is 0.309 e. The van der Waals surface area contributed by atoms with Gasteiger partial charge in [-0.3, -0.25) is 0 Å². The monoisotopic (exact) mass is 363 g/mol. The van der Waals surface area contributed by atoms with Crippen molar-refractivity contribution in [3.8, 4) is 0 Å². The lowest BCUT2D eigenvalue weighted by atomic mass is 10.1. The zero-order valence-electron chi connectivity index (χ0n) is 9.93. The van der Waals surface area contributed by atoms with Crippen molar-refractivity contribution in [2.75, 3.05) is 7.05 Å². The summed E-state index contributed by atoms with van der Waals surface area (Å²) in [5, 5.41) is 4.49. The molecule has 1 aromatic heterocycles. The highest BCUT2D eigenvalue weighted by Gasteiger charge is 2.19. The summed E-state index contributed by atoms with van der Waals surface area (Å²) < 4.78 is 1.15. The fourth-order valence-corrected chi connectivity index (χ4v) is 3.94. The molecule has 18 heavy (non-hydrogen) atoms. The first-order valence-electron chi connectivity index (χ1n) is 5.41. The number of aryl methyl sites for hydroxylation is 1. The van der Waals surface area contributed by atoms with E-state index in [0.29, 0.717) is 10.0 Å². The van der Waals surface area contributed by atoms with Gasteiger partial charge in [-0.2, -0.15) is 0 Å². The fraction of sp³-hybridized carbons (Fsp3) is 0.231. The average molecular weight is 365 g/mol. The molecule has 5 heteroatoms. The molecular formula is C13H12BrCl2NS. The van der Waals surface area contributed by atoms with E-state index < -0.39 is 0 Å². The molecule has 2 aromatic rings. The zero-order chi connectivity index (χ0) is 13.3. The molecule has 1 atom stereocenters. The van der Waals surface area contributed by atoms with Gasteiger partial charge in [-0.25, -0.2) is 0 Å². The van der Waals surface area contributed by atoms with E-state index in [1.54, 1.807) is 17.4 Å². The normalized spacial score (nSPS) is 12.7. The summed E-state index contributed by atoms with van der Waals surface area (Å²) in [6.45, 7) is 2.08. The third kappa shape index (κ3) is 2.75. The van der Waals surface area contributed by atoms with Gasteiger partial charge in [0.15, 0.2) is 0 Å². The van der Waals surface area contributed by atoms with Crippen LogP contribution in [0, 0.1) is 6.92 Å². The molecule has 0 spiro atoms. The van der Waals surface area contributed by atoms with Crippen molar-refractivity contribution in [1.82, 2.24) is 5.32 Å². The van der Waals surface area contributed by atoms with E-state index in [2.05, 4.69) is 34.2 Å². The minimum absolute atomic E-state index is 0.0613. The van der Waals surface area contributed by atoms with Gasteiger partial charge in [0, 0.05) is 4.88 Å². The van der Waals surface area contributed by atoms with Gasteiger partial charge in [0.25, 0.3) is 0 Å². The Morgan fingerprint density at radius 2 is 2.06 bits per heavy atom. The van der Waals surface area contributed by atoms with Crippen molar-refractivity contribution in [3.63, 3.8) is 0 Å². The van der Waals surface area contributed by atoms with E-state index in [-0.39, 0.29) is 6.04 Å². The first-order valence-corrected chi connectivity index (χ1v) is 7.78. The topological polar surface area (TPSA) is 12.0 Å². The lowest BCUT2D eigenvalue weighted by Gasteiger charge is -2.17. The second-order valence-electron chi connectivity index (χ2n) is 3.97. The molecule has 1 heterocycles. The standard InChI is InChI=1S/C13H12BrCl2NS/c1-7-6-10(18-13(7)14)12(17-2)8-4-3-5-9(15)11(8)16/h3-6,12,17H,1-2H3. The molecule has 0 saturated heterocycles. The second kappa shape index (κ2) is 5.93. The van der Waals surface area contributed by atoms with Gasteiger partial charge in [-0.15, -0.1) is 11.3 Å². The van der Waals surface area contributed by atoms with E-state index in [9.17, 15) is 0 Å². The SMILES string of the molecule is CNC(c1cc(C)c(Br)s1)c1cccc(Cl)c1Cl. The highest BCUT2D eigenvalue weighted by molar-refractivity contribution is 9.11. The highest BCUT2D eigenvalue weighted by Crippen LogP contribution is 2.38. The quantitative estimate of drug-likeness (QED) is 0.765. The second-order valence-corrected chi connectivity index (χ2v) is 7.16. The highest BCUT2D eigenvalue weighted by atomic mass is 79.9. The number of hydrogen-bond donors (Lipinski definition) is 1.